The quantitative estimate of drug-likeness (QED) is 0.787. The highest BCUT2D eigenvalue weighted by molar-refractivity contribution is 5.78. The van der Waals surface area contributed by atoms with E-state index in [1.807, 2.05) is 0 Å². The van der Waals surface area contributed by atoms with Gasteiger partial charge in [-0.2, -0.15) is 0 Å². The number of aryl methyl sites for hydroxylation is 2. The SMILES string of the molecule is CCC.Cc1ccc(C)c(C2CCC(=O)N2)c1. The van der Waals surface area contributed by atoms with Crippen molar-refractivity contribution in [2.75, 3.05) is 0 Å². The number of amides is 1. The zero-order valence-corrected chi connectivity index (χ0v) is 11.3. The molecule has 2 rings (SSSR count). The first-order valence-electron chi connectivity index (χ1n) is 6.45. The second kappa shape index (κ2) is 6.43. The van der Waals surface area contributed by atoms with Gasteiger partial charge in [0.2, 0.25) is 5.91 Å². The lowest BCUT2D eigenvalue weighted by Gasteiger charge is -2.14. The van der Waals surface area contributed by atoms with Crippen LogP contribution in [0.2, 0.25) is 0 Å². The average molecular weight is 233 g/mol. The van der Waals surface area contributed by atoms with Crippen LogP contribution in [0.3, 0.4) is 0 Å². The molecule has 1 aromatic rings. The van der Waals surface area contributed by atoms with Gasteiger partial charge in [0.1, 0.15) is 0 Å². The summed E-state index contributed by atoms with van der Waals surface area (Å²) in [4.78, 5) is 11.1. The van der Waals surface area contributed by atoms with Crippen molar-refractivity contribution < 1.29 is 4.79 Å². The first kappa shape index (κ1) is 13.8. The van der Waals surface area contributed by atoms with Crippen LogP contribution < -0.4 is 5.32 Å². The molecular formula is C15H23NO. The zero-order chi connectivity index (χ0) is 12.8. The summed E-state index contributed by atoms with van der Waals surface area (Å²) in [5.41, 5.74) is 3.80. The topological polar surface area (TPSA) is 29.1 Å². The molecule has 0 spiro atoms. The smallest absolute Gasteiger partial charge is 0.220 e. The molecule has 0 saturated carbocycles. The van der Waals surface area contributed by atoms with Crippen LogP contribution in [0, 0.1) is 13.8 Å². The normalized spacial score (nSPS) is 18.4. The highest BCUT2D eigenvalue weighted by Gasteiger charge is 2.23. The Labute approximate surface area is 104 Å². The molecule has 0 bridgehead atoms. The van der Waals surface area contributed by atoms with E-state index in [9.17, 15) is 4.79 Å². The number of nitrogens with one attached hydrogen (secondary N) is 1. The molecule has 1 aliphatic rings. The molecule has 1 unspecified atom stereocenters. The van der Waals surface area contributed by atoms with Crippen LogP contribution in [0.4, 0.5) is 0 Å². The number of hydrogen-bond donors (Lipinski definition) is 1. The van der Waals surface area contributed by atoms with E-state index in [0.29, 0.717) is 6.42 Å². The van der Waals surface area contributed by atoms with Gasteiger partial charge in [-0.3, -0.25) is 4.79 Å². The van der Waals surface area contributed by atoms with Crippen LogP contribution in [-0.2, 0) is 4.79 Å². The van der Waals surface area contributed by atoms with Gasteiger partial charge in [-0.25, -0.2) is 0 Å². The van der Waals surface area contributed by atoms with E-state index in [1.165, 1.54) is 23.1 Å². The molecule has 1 N–H and O–H groups in total. The van der Waals surface area contributed by atoms with E-state index < -0.39 is 0 Å². The minimum absolute atomic E-state index is 0.177. The van der Waals surface area contributed by atoms with Crippen molar-refractivity contribution in [1.29, 1.82) is 0 Å². The minimum atomic E-state index is 0.177. The van der Waals surface area contributed by atoms with Crippen LogP contribution in [0.5, 0.6) is 0 Å². The molecule has 1 aliphatic heterocycles. The maximum absolute atomic E-state index is 11.1. The Hall–Kier alpha value is -1.31. The fourth-order valence-electron chi connectivity index (χ4n) is 1.98. The summed E-state index contributed by atoms with van der Waals surface area (Å²) >= 11 is 0. The Balaban J connectivity index is 0.000000437. The zero-order valence-electron chi connectivity index (χ0n) is 11.3. The molecule has 1 amide bonds. The van der Waals surface area contributed by atoms with E-state index >= 15 is 0 Å². The van der Waals surface area contributed by atoms with Crippen molar-refractivity contribution in [2.45, 2.75) is 53.0 Å². The molecule has 2 heteroatoms. The largest absolute Gasteiger partial charge is 0.349 e. The minimum Gasteiger partial charge on any atom is -0.349 e. The van der Waals surface area contributed by atoms with Crippen LogP contribution in [-0.4, -0.2) is 5.91 Å². The van der Waals surface area contributed by atoms with Gasteiger partial charge in [0.15, 0.2) is 0 Å². The summed E-state index contributed by atoms with van der Waals surface area (Å²) in [6.45, 7) is 8.43. The third kappa shape index (κ3) is 3.88. The number of benzene rings is 1. The summed E-state index contributed by atoms with van der Waals surface area (Å²) < 4.78 is 0. The van der Waals surface area contributed by atoms with Crippen LogP contribution in [0.1, 0.15) is 55.8 Å². The van der Waals surface area contributed by atoms with E-state index in [0.717, 1.165) is 6.42 Å². The highest BCUT2D eigenvalue weighted by atomic mass is 16.1. The van der Waals surface area contributed by atoms with Gasteiger partial charge >= 0.3 is 0 Å². The van der Waals surface area contributed by atoms with Gasteiger partial charge in [-0.15, -0.1) is 0 Å². The van der Waals surface area contributed by atoms with Crippen LogP contribution in [0.15, 0.2) is 18.2 Å². The second-order valence-corrected chi connectivity index (χ2v) is 4.73. The molecule has 1 atom stereocenters. The number of rotatable bonds is 1. The third-order valence-corrected chi connectivity index (χ3v) is 2.81. The standard InChI is InChI=1S/C12H15NO.C3H8/c1-8-3-4-9(2)10(7-8)11-5-6-12(14)13-11;1-3-2/h3-4,7,11H,5-6H2,1-2H3,(H,13,14);3H2,1-2H3. The van der Waals surface area contributed by atoms with E-state index in [-0.39, 0.29) is 11.9 Å². The van der Waals surface area contributed by atoms with Crippen LogP contribution >= 0.6 is 0 Å². The summed E-state index contributed by atoms with van der Waals surface area (Å²) in [6, 6.07) is 6.64. The highest BCUT2D eigenvalue weighted by Crippen LogP contribution is 2.26. The van der Waals surface area contributed by atoms with Gasteiger partial charge in [-0.1, -0.05) is 44.0 Å². The summed E-state index contributed by atoms with van der Waals surface area (Å²) in [5, 5.41) is 3.00. The third-order valence-electron chi connectivity index (χ3n) is 2.81. The summed E-state index contributed by atoms with van der Waals surface area (Å²) in [6.07, 6.45) is 2.85. The van der Waals surface area contributed by atoms with E-state index in [4.69, 9.17) is 0 Å². The fourth-order valence-corrected chi connectivity index (χ4v) is 1.98. The molecule has 17 heavy (non-hydrogen) atoms. The van der Waals surface area contributed by atoms with Crippen molar-refractivity contribution in [3.63, 3.8) is 0 Å². The van der Waals surface area contributed by atoms with Gasteiger partial charge in [0.25, 0.3) is 0 Å². The molecule has 0 radical (unpaired) electrons. The maximum atomic E-state index is 11.1. The number of carbonyl (C=O) groups is 1. The lowest BCUT2D eigenvalue weighted by atomic mass is 9.98. The Morgan fingerprint density at radius 3 is 2.47 bits per heavy atom. The van der Waals surface area contributed by atoms with Gasteiger partial charge in [0.05, 0.1) is 6.04 Å². The summed E-state index contributed by atoms with van der Waals surface area (Å²) in [7, 11) is 0. The molecule has 1 aromatic carbocycles. The maximum Gasteiger partial charge on any atom is 0.220 e. The molecule has 1 saturated heterocycles. The van der Waals surface area contributed by atoms with Crippen molar-refractivity contribution in [3.05, 3.63) is 34.9 Å². The van der Waals surface area contributed by atoms with Crippen molar-refractivity contribution >= 4 is 5.91 Å². The first-order valence-corrected chi connectivity index (χ1v) is 6.45. The fraction of sp³-hybridized carbons (Fsp3) is 0.533. The van der Waals surface area contributed by atoms with Gasteiger partial charge in [-0.05, 0) is 31.4 Å². The molecule has 1 fully saturated rings. The van der Waals surface area contributed by atoms with E-state index in [2.05, 4.69) is 51.2 Å². The van der Waals surface area contributed by atoms with Crippen LogP contribution in [0.25, 0.3) is 0 Å². The van der Waals surface area contributed by atoms with Crippen molar-refractivity contribution in [1.82, 2.24) is 5.32 Å². The molecule has 1 heterocycles. The second-order valence-electron chi connectivity index (χ2n) is 4.73. The predicted octanol–water partition coefficient (Wildman–Crippen LogP) is 3.67. The van der Waals surface area contributed by atoms with Gasteiger partial charge in [0, 0.05) is 6.42 Å². The lowest BCUT2D eigenvalue weighted by molar-refractivity contribution is -0.119. The number of hydrogen-bond acceptors (Lipinski definition) is 1. The molecular weight excluding hydrogens is 210 g/mol. The Morgan fingerprint density at radius 2 is 1.94 bits per heavy atom. The molecule has 2 nitrogen and oxygen atoms in total. The molecule has 0 aliphatic carbocycles. The predicted molar refractivity (Wildman–Crippen MR) is 72.0 cm³/mol. The lowest BCUT2D eigenvalue weighted by Crippen LogP contribution is -2.19. The first-order chi connectivity index (χ1) is 8.08. The molecule has 0 aromatic heterocycles. The Kier molecular flexibility index (Phi) is 5.20. The Morgan fingerprint density at radius 1 is 1.29 bits per heavy atom. The van der Waals surface area contributed by atoms with Crippen molar-refractivity contribution in [3.8, 4) is 0 Å². The average Bonchev–Trinajstić information content (AvgIpc) is 2.70. The Bertz CT molecular complexity index is 385. The number of carbonyl (C=O) groups excluding carboxylic acids is 1. The van der Waals surface area contributed by atoms with Gasteiger partial charge < -0.3 is 5.32 Å². The van der Waals surface area contributed by atoms with E-state index in [1.54, 1.807) is 0 Å². The molecule has 94 valence electrons. The monoisotopic (exact) mass is 233 g/mol. The summed E-state index contributed by atoms with van der Waals surface area (Å²) in [5.74, 6) is 0.177. The van der Waals surface area contributed by atoms with Crippen molar-refractivity contribution in [2.24, 2.45) is 0 Å².